The monoisotopic (exact) mass is 389 g/mol. The maximum atomic E-state index is 4.79. The number of hydrogen-bond acceptors (Lipinski definition) is 4. The van der Waals surface area contributed by atoms with E-state index in [2.05, 4.69) is 57.1 Å². The molecule has 5 heteroatoms. The molecule has 152 valence electrons. The van der Waals surface area contributed by atoms with Gasteiger partial charge in [-0.25, -0.2) is 9.50 Å². The van der Waals surface area contributed by atoms with Crippen molar-refractivity contribution >= 4 is 23.1 Å². The normalized spacial score (nSPS) is 17.6. The molecule has 1 aliphatic carbocycles. The predicted octanol–water partition coefficient (Wildman–Crippen LogP) is 5.68. The van der Waals surface area contributed by atoms with Crippen LogP contribution in [0.5, 0.6) is 0 Å². The summed E-state index contributed by atoms with van der Waals surface area (Å²) in [6.45, 7) is 11.0. The summed E-state index contributed by atoms with van der Waals surface area (Å²) in [6, 6.07) is 4.63. The summed E-state index contributed by atoms with van der Waals surface area (Å²) >= 11 is 0. The van der Waals surface area contributed by atoms with Gasteiger partial charge in [-0.15, -0.1) is 5.10 Å². The van der Waals surface area contributed by atoms with Crippen LogP contribution in [0, 0.1) is 19.3 Å². The second kappa shape index (κ2) is 7.62. The molecule has 3 aromatic heterocycles. The van der Waals surface area contributed by atoms with E-state index >= 15 is 0 Å². The smallest absolute Gasteiger partial charge is 0.241 e. The second-order valence-electron chi connectivity index (χ2n) is 9.19. The van der Waals surface area contributed by atoms with E-state index in [1.807, 2.05) is 29.2 Å². The molecule has 29 heavy (non-hydrogen) atoms. The van der Waals surface area contributed by atoms with Crippen LogP contribution in [0.3, 0.4) is 0 Å². The van der Waals surface area contributed by atoms with Crippen molar-refractivity contribution < 1.29 is 0 Å². The van der Waals surface area contributed by atoms with Crippen molar-refractivity contribution in [3.8, 4) is 0 Å². The van der Waals surface area contributed by atoms with Crippen LogP contribution in [-0.2, 0) is 0 Å². The first-order valence-electron chi connectivity index (χ1n) is 10.5. The van der Waals surface area contributed by atoms with E-state index in [-0.39, 0.29) is 0 Å². The lowest BCUT2D eigenvalue weighted by Crippen LogP contribution is -2.30. The first kappa shape index (κ1) is 19.6. The zero-order valence-electron chi connectivity index (χ0n) is 18.2. The SMILES string of the molecule is C/C(=C\c1cnccc1C)c1ccn2nc(NC3CCC(C)(C)CC3)nc(C)c12. The fraction of sp³-hybridized carbons (Fsp3) is 0.458. The number of fused-ring (bicyclic) bond motifs is 1. The topological polar surface area (TPSA) is 55.1 Å². The summed E-state index contributed by atoms with van der Waals surface area (Å²) < 4.78 is 1.96. The standard InChI is InChI=1S/C24H31N5/c1-16-8-12-25-15-19(16)14-17(2)21-9-13-29-22(21)18(3)26-23(28-29)27-20-6-10-24(4,5)11-7-20/h8-9,12-15,20H,6-7,10-11H2,1-5H3,(H,27,28)/b17-14+. The van der Waals surface area contributed by atoms with E-state index in [9.17, 15) is 0 Å². The quantitative estimate of drug-likeness (QED) is 0.623. The van der Waals surface area contributed by atoms with Crippen LogP contribution in [0.2, 0.25) is 0 Å². The van der Waals surface area contributed by atoms with Crippen molar-refractivity contribution in [1.29, 1.82) is 0 Å². The number of anilines is 1. The third-order valence-electron chi connectivity index (χ3n) is 6.23. The molecule has 0 aromatic carbocycles. The number of allylic oxidation sites excluding steroid dienone is 1. The lowest BCUT2D eigenvalue weighted by Gasteiger charge is -2.34. The number of nitrogens with one attached hydrogen (secondary N) is 1. The molecule has 0 saturated heterocycles. The van der Waals surface area contributed by atoms with Crippen molar-refractivity contribution in [2.24, 2.45) is 5.41 Å². The van der Waals surface area contributed by atoms with Crippen molar-refractivity contribution in [3.63, 3.8) is 0 Å². The Morgan fingerprint density at radius 2 is 1.97 bits per heavy atom. The molecule has 0 radical (unpaired) electrons. The largest absolute Gasteiger partial charge is 0.350 e. The van der Waals surface area contributed by atoms with Gasteiger partial charge in [-0.05, 0) is 86.8 Å². The van der Waals surface area contributed by atoms with Gasteiger partial charge in [-0.1, -0.05) is 13.8 Å². The molecule has 3 aromatic rings. The number of nitrogens with zero attached hydrogens (tertiary/aromatic N) is 4. The van der Waals surface area contributed by atoms with Crippen LogP contribution in [0.1, 0.15) is 68.8 Å². The van der Waals surface area contributed by atoms with Crippen LogP contribution in [0.15, 0.2) is 30.7 Å². The Bertz CT molecular complexity index is 1050. The lowest BCUT2D eigenvalue weighted by atomic mass is 9.76. The van der Waals surface area contributed by atoms with Gasteiger partial charge in [0.25, 0.3) is 0 Å². The zero-order chi connectivity index (χ0) is 20.6. The molecule has 4 rings (SSSR count). The highest BCUT2D eigenvalue weighted by Gasteiger charge is 2.27. The van der Waals surface area contributed by atoms with Gasteiger partial charge in [0.1, 0.15) is 0 Å². The Morgan fingerprint density at radius 3 is 2.69 bits per heavy atom. The Labute approximate surface area is 173 Å². The van der Waals surface area contributed by atoms with Crippen molar-refractivity contribution in [2.75, 3.05) is 5.32 Å². The van der Waals surface area contributed by atoms with Crippen molar-refractivity contribution in [2.45, 2.75) is 66.3 Å². The van der Waals surface area contributed by atoms with Gasteiger partial charge in [0.05, 0.1) is 11.2 Å². The molecule has 0 amide bonds. The van der Waals surface area contributed by atoms with E-state index < -0.39 is 0 Å². The fourth-order valence-electron chi connectivity index (χ4n) is 4.25. The minimum Gasteiger partial charge on any atom is -0.350 e. The molecule has 0 aliphatic heterocycles. The highest BCUT2D eigenvalue weighted by molar-refractivity contribution is 5.88. The maximum Gasteiger partial charge on any atom is 0.241 e. The molecule has 0 bridgehead atoms. The van der Waals surface area contributed by atoms with Gasteiger partial charge in [0, 0.05) is 30.2 Å². The average Bonchev–Trinajstić information content (AvgIpc) is 3.10. The molecule has 1 fully saturated rings. The summed E-state index contributed by atoms with van der Waals surface area (Å²) in [4.78, 5) is 9.04. The van der Waals surface area contributed by atoms with E-state index in [0.29, 0.717) is 11.5 Å². The molecule has 0 atom stereocenters. The first-order valence-corrected chi connectivity index (χ1v) is 10.5. The molecule has 5 nitrogen and oxygen atoms in total. The second-order valence-corrected chi connectivity index (χ2v) is 9.19. The van der Waals surface area contributed by atoms with Gasteiger partial charge in [-0.2, -0.15) is 0 Å². The molecule has 0 unspecified atom stereocenters. The zero-order valence-corrected chi connectivity index (χ0v) is 18.2. The number of pyridine rings is 1. The Morgan fingerprint density at radius 1 is 1.21 bits per heavy atom. The molecular weight excluding hydrogens is 358 g/mol. The van der Waals surface area contributed by atoms with Crippen LogP contribution in [0.4, 0.5) is 5.95 Å². The Balaban J connectivity index is 1.60. The summed E-state index contributed by atoms with van der Waals surface area (Å²) in [5.74, 6) is 0.728. The van der Waals surface area contributed by atoms with Crippen LogP contribution in [-0.4, -0.2) is 25.6 Å². The number of aromatic nitrogens is 4. The van der Waals surface area contributed by atoms with Gasteiger partial charge in [0.2, 0.25) is 5.95 Å². The van der Waals surface area contributed by atoms with E-state index in [1.54, 1.807) is 0 Å². The van der Waals surface area contributed by atoms with E-state index in [1.165, 1.54) is 36.8 Å². The van der Waals surface area contributed by atoms with Gasteiger partial charge < -0.3 is 5.32 Å². The summed E-state index contributed by atoms with van der Waals surface area (Å²) in [7, 11) is 0. The predicted molar refractivity (Wildman–Crippen MR) is 120 cm³/mol. The minimum atomic E-state index is 0.463. The highest BCUT2D eigenvalue weighted by atomic mass is 15.3. The Hall–Kier alpha value is -2.69. The summed E-state index contributed by atoms with van der Waals surface area (Å²) in [5.41, 5.74) is 7.23. The van der Waals surface area contributed by atoms with Crippen LogP contribution >= 0.6 is 0 Å². The van der Waals surface area contributed by atoms with Gasteiger partial charge in [0.15, 0.2) is 0 Å². The molecule has 1 saturated carbocycles. The van der Waals surface area contributed by atoms with Gasteiger partial charge in [-0.3, -0.25) is 4.98 Å². The summed E-state index contributed by atoms with van der Waals surface area (Å²) in [6.07, 6.45) is 12.8. The first-order chi connectivity index (χ1) is 13.8. The third kappa shape index (κ3) is 4.19. The van der Waals surface area contributed by atoms with Crippen LogP contribution in [0.25, 0.3) is 17.2 Å². The Kier molecular flexibility index (Phi) is 5.15. The van der Waals surface area contributed by atoms with Crippen molar-refractivity contribution in [1.82, 2.24) is 19.6 Å². The van der Waals surface area contributed by atoms with E-state index in [0.717, 1.165) is 28.3 Å². The number of rotatable bonds is 4. The van der Waals surface area contributed by atoms with E-state index in [4.69, 9.17) is 10.1 Å². The molecule has 1 aliphatic rings. The molecule has 3 heterocycles. The number of hydrogen-bond donors (Lipinski definition) is 1. The molecule has 0 spiro atoms. The lowest BCUT2D eigenvalue weighted by molar-refractivity contribution is 0.232. The summed E-state index contributed by atoms with van der Waals surface area (Å²) in [5, 5.41) is 8.32. The average molecular weight is 390 g/mol. The minimum absolute atomic E-state index is 0.463. The molecular formula is C24H31N5. The third-order valence-corrected chi connectivity index (χ3v) is 6.23. The maximum absolute atomic E-state index is 4.79. The number of aryl methyl sites for hydroxylation is 2. The highest BCUT2D eigenvalue weighted by Crippen LogP contribution is 2.36. The van der Waals surface area contributed by atoms with Gasteiger partial charge >= 0.3 is 0 Å². The fourth-order valence-corrected chi connectivity index (χ4v) is 4.25. The molecule has 1 N–H and O–H groups in total. The van der Waals surface area contributed by atoms with Crippen molar-refractivity contribution in [3.05, 3.63) is 53.1 Å². The van der Waals surface area contributed by atoms with Crippen LogP contribution < -0.4 is 5.32 Å².